The molecular formula is C14H31N5O3S. The van der Waals surface area contributed by atoms with Crippen molar-refractivity contribution in [2.45, 2.75) is 20.3 Å². The molecule has 0 amide bonds. The fourth-order valence-corrected chi connectivity index (χ4v) is 2.76. The Morgan fingerprint density at radius 3 is 2.57 bits per heavy atom. The van der Waals surface area contributed by atoms with Gasteiger partial charge < -0.3 is 15.4 Å². The van der Waals surface area contributed by atoms with Gasteiger partial charge in [-0.05, 0) is 20.3 Å². The predicted molar refractivity (Wildman–Crippen MR) is 93.3 cm³/mol. The summed E-state index contributed by atoms with van der Waals surface area (Å²) in [7, 11) is -3.13. The van der Waals surface area contributed by atoms with E-state index in [1.165, 1.54) is 0 Å². The maximum absolute atomic E-state index is 11.3. The summed E-state index contributed by atoms with van der Waals surface area (Å²) < 4.78 is 30.5. The Bertz CT molecular complexity index is 436. The highest BCUT2D eigenvalue weighted by molar-refractivity contribution is 7.89. The third-order valence-electron chi connectivity index (χ3n) is 3.47. The molecule has 0 aliphatic carbocycles. The van der Waals surface area contributed by atoms with Crippen LogP contribution < -0.4 is 15.4 Å². The van der Waals surface area contributed by atoms with Crippen LogP contribution in [0.4, 0.5) is 0 Å². The van der Waals surface area contributed by atoms with E-state index in [-0.39, 0.29) is 5.75 Å². The lowest BCUT2D eigenvalue weighted by atomic mass is 10.3. The largest absolute Gasteiger partial charge is 0.379 e. The summed E-state index contributed by atoms with van der Waals surface area (Å²) in [6.07, 6.45) is 0.999. The van der Waals surface area contributed by atoms with Crippen LogP contribution in [0.3, 0.4) is 0 Å². The van der Waals surface area contributed by atoms with Crippen LogP contribution in [0.2, 0.25) is 0 Å². The van der Waals surface area contributed by atoms with Crippen molar-refractivity contribution < 1.29 is 13.2 Å². The SMILES string of the molecule is CCNC(=NCCCN1CCOCC1)NCCNS(=O)(=O)CC. The van der Waals surface area contributed by atoms with E-state index in [9.17, 15) is 8.42 Å². The Kier molecular flexibility index (Phi) is 10.2. The van der Waals surface area contributed by atoms with Crippen molar-refractivity contribution in [2.75, 3.05) is 64.8 Å². The topological polar surface area (TPSA) is 95.1 Å². The molecule has 1 saturated heterocycles. The van der Waals surface area contributed by atoms with E-state index in [4.69, 9.17) is 4.74 Å². The minimum Gasteiger partial charge on any atom is -0.379 e. The van der Waals surface area contributed by atoms with E-state index in [1.54, 1.807) is 6.92 Å². The van der Waals surface area contributed by atoms with E-state index in [0.29, 0.717) is 13.1 Å². The number of hydrogen-bond acceptors (Lipinski definition) is 5. The highest BCUT2D eigenvalue weighted by atomic mass is 32.2. The van der Waals surface area contributed by atoms with Crippen LogP contribution in [-0.2, 0) is 14.8 Å². The van der Waals surface area contributed by atoms with Gasteiger partial charge in [-0.15, -0.1) is 0 Å². The maximum Gasteiger partial charge on any atom is 0.211 e. The Hall–Kier alpha value is -0.900. The average molecular weight is 350 g/mol. The number of rotatable bonds is 10. The molecule has 0 bridgehead atoms. The Morgan fingerprint density at radius 2 is 1.91 bits per heavy atom. The molecule has 0 unspecified atom stereocenters. The number of hydrogen-bond donors (Lipinski definition) is 3. The first-order valence-electron chi connectivity index (χ1n) is 8.37. The molecule has 1 heterocycles. The van der Waals surface area contributed by atoms with Crippen LogP contribution in [0.5, 0.6) is 0 Å². The number of guanidine groups is 1. The monoisotopic (exact) mass is 349 g/mol. The molecule has 1 aliphatic rings. The van der Waals surface area contributed by atoms with Gasteiger partial charge >= 0.3 is 0 Å². The second kappa shape index (κ2) is 11.6. The summed E-state index contributed by atoms with van der Waals surface area (Å²) in [5.74, 6) is 0.827. The molecule has 1 fully saturated rings. The number of sulfonamides is 1. The molecule has 0 aromatic rings. The zero-order valence-electron chi connectivity index (χ0n) is 14.3. The smallest absolute Gasteiger partial charge is 0.211 e. The van der Waals surface area contributed by atoms with Gasteiger partial charge in [0.2, 0.25) is 10.0 Å². The van der Waals surface area contributed by atoms with Gasteiger partial charge in [0, 0.05) is 45.8 Å². The van der Waals surface area contributed by atoms with Gasteiger partial charge in [0.25, 0.3) is 0 Å². The van der Waals surface area contributed by atoms with Gasteiger partial charge in [-0.2, -0.15) is 0 Å². The first kappa shape index (κ1) is 20.1. The quantitative estimate of drug-likeness (QED) is 0.272. The number of ether oxygens (including phenoxy) is 1. The minimum absolute atomic E-state index is 0.0999. The van der Waals surface area contributed by atoms with Crippen molar-refractivity contribution in [1.29, 1.82) is 0 Å². The van der Waals surface area contributed by atoms with Crippen molar-refractivity contribution in [3.05, 3.63) is 0 Å². The van der Waals surface area contributed by atoms with Gasteiger partial charge in [0.05, 0.1) is 19.0 Å². The Balaban J connectivity index is 2.21. The summed E-state index contributed by atoms with van der Waals surface area (Å²) in [5.41, 5.74) is 0. The lowest BCUT2D eigenvalue weighted by Crippen LogP contribution is -2.42. The Morgan fingerprint density at radius 1 is 1.17 bits per heavy atom. The highest BCUT2D eigenvalue weighted by Crippen LogP contribution is 1.97. The minimum atomic E-state index is -3.13. The lowest BCUT2D eigenvalue weighted by molar-refractivity contribution is 0.0377. The molecule has 1 aliphatic heterocycles. The average Bonchev–Trinajstić information content (AvgIpc) is 2.56. The van der Waals surface area contributed by atoms with Crippen LogP contribution in [0.1, 0.15) is 20.3 Å². The standard InChI is InChI=1S/C14H31N5O3S/c1-3-15-14(17-7-8-18-23(20,21)4-2)16-6-5-9-19-10-12-22-13-11-19/h18H,3-13H2,1-2H3,(H2,15,16,17). The van der Waals surface area contributed by atoms with E-state index < -0.39 is 10.0 Å². The summed E-state index contributed by atoms with van der Waals surface area (Å²) in [5, 5.41) is 6.29. The van der Waals surface area contributed by atoms with Crippen molar-refractivity contribution in [2.24, 2.45) is 4.99 Å². The van der Waals surface area contributed by atoms with Crippen LogP contribution in [0, 0.1) is 0 Å². The summed E-state index contributed by atoms with van der Waals surface area (Å²) in [6, 6.07) is 0. The van der Waals surface area contributed by atoms with E-state index in [1.807, 2.05) is 6.92 Å². The molecule has 8 nitrogen and oxygen atoms in total. The summed E-state index contributed by atoms with van der Waals surface area (Å²) >= 11 is 0. The molecule has 1 rings (SSSR count). The third-order valence-corrected chi connectivity index (χ3v) is 4.87. The molecule has 0 aromatic carbocycles. The van der Waals surface area contributed by atoms with E-state index in [0.717, 1.165) is 58.3 Å². The predicted octanol–water partition coefficient (Wildman–Crippen LogP) is -0.797. The highest BCUT2D eigenvalue weighted by Gasteiger charge is 2.09. The number of nitrogens with one attached hydrogen (secondary N) is 3. The fourth-order valence-electron chi connectivity index (χ4n) is 2.14. The number of aliphatic imine (C=N–C) groups is 1. The molecule has 0 radical (unpaired) electrons. The second-order valence-corrected chi connectivity index (χ2v) is 7.39. The zero-order valence-corrected chi connectivity index (χ0v) is 15.1. The second-order valence-electron chi connectivity index (χ2n) is 5.29. The molecule has 9 heteroatoms. The summed E-state index contributed by atoms with van der Waals surface area (Å²) in [6.45, 7) is 10.7. The van der Waals surface area contributed by atoms with Gasteiger partial charge in [0.15, 0.2) is 5.96 Å². The zero-order chi connectivity index (χ0) is 17.0. The molecule has 0 atom stereocenters. The van der Waals surface area contributed by atoms with Gasteiger partial charge in [-0.25, -0.2) is 13.1 Å². The van der Waals surface area contributed by atoms with Crippen molar-refractivity contribution in [1.82, 2.24) is 20.3 Å². The maximum atomic E-state index is 11.3. The molecule has 3 N–H and O–H groups in total. The first-order valence-corrected chi connectivity index (χ1v) is 10.0. The van der Waals surface area contributed by atoms with E-state index >= 15 is 0 Å². The van der Waals surface area contributed by atoms with Crippen molar-refractivity contribution in [3.63, 3.8) is 0 Å². The third kappa shape index (κ3) is 9.75. The van der Waals surface area contributed by atoms with Gasteiger partial charge in [-0.3, -0.25) is 9.89 Å². The molecule has 0 spiro atoms. The molecular weight excluding hydrogens is 318 g/mol. The van der Waals surface area contributed by atoms with Crippen LogP contribution in [0.25, 0.3) is 0 Å². The lowest BCUT2D eigenvalue weighted by Gasteiger charge is -2.26. The van der Waals surface area contributed by atoms with Crippen LogP contribution >= 0.6 is 0 Å². The molecule has 136 valence electrons. The molecule has 23 heavy (non-hydrogen) atoms. The molecule has 0 aromatic heterocycles. The van der Waals surface area contributed by atoms with Gasteiger partial charge in [-0.1, -0.05) is 0 Å². The fraction of sp³-hybridized carbons (Fsp3) is 0.929. The van der Waals surface area contributed by atoms with Gasteiger partial charge in [0.1, 0.15) is 0 Å². The van der Waals surface area contributed by atoms with Crippen LogP contribution in [-0.4, -0.2) is 84.1 Å². The Labute approximate surface area is 140 Å². The summed E-state index contributed by atoms with van der Waals surface area (Å²) in [4.78, 5) is 6.90. The van der Waals surface area contributed by atoms with Crippen molar-refractivity contribution in [3.8, 4) is 0 Å². The van der Waals surface area contributed by atoms with E-state index in [2.05, 4.69) is 25.2 Å². The number of nitrogens with zero attached hydrogens (tertiary/aromatic N) is 2. The number of morpholine rings is 1. The first-order chi connectivity index (χ1) is 11.1. The normalized spacial score (nSPS) is 17.2. The van der Waals surface area contributed by atoms with Crippen molar-refractivity contribution >= 4 is 16.0 Å². The van der Waals surface area contributed by atoms with Crippen LogP contribution in [0.15, 0.2) is 4.99 Å². The molecule has 0 saturated carbocycles.